The van der Waals surface area contributed by atoms with Crippen molar-refractivity contribution in [2.45, 2.75) is 12.5 Å². The lowest BCUT2D eigenvalue weighted by molar-refractivity contribution is -0.134. The Morgan fingerprint density at radius 3 is 2.37 bits per heavy atom. The molecule has 0 aliphatic carbocycles. The summed E-state index contributed by atoms with van der Waals surface area (Å²) in [5.41, 5.74) is 1.79. The number of ether oxygens (including phenoxy) is 2. The van der Waals surface area contributed by atoms with E-state index in [1.807, 2.05) is 36.4 Å². The number of methoxy groups -OCH3 is 2. The number of halogens is 1. The van der Waals surface area contributed by atoms with E-state index in [1.165, 1.54) is 12.1 Å². The number of rotatable bonds is 7. The van der Waals surface area contributed by atoms with Crippen LogP contribution in [-0.4, -0.2) is 56.0 Å². The number of carbonyl (C=O) groups excluding carboxylic acids is 2. The summed E-state index contributed by atoms with van der Waals surface area (Å²) in [6.45, 7) is 0.877. The predicted molar refractivity (Wildman–Crippen MR) is 131 cm³/mol. The van der Waals surface area contributed by atoms with Gasteiger partial charge in [0.25, 0.3) is 5.91 Å². The average Bonchev–Trinajstić information content (AvgIpc) is 3.33. The van der Waals surface area contributed by atoms with Crippen molar-refractivity contribution in [2.75, 3.05) is 34.4 Å². The Hall–Kier alpha value is -3.87. The smallest absolute Gasteiger partial charge is 0.256 e. The summed E-state index contributed by atoms with van der Waals surface area (Å²) in [4.78, 5) is 30.2. The van der Waals surface area contributed by atoms with Crippen molar-refractivity contribution >= 4 is 11.8 Å². The Kier molecular flexibility index (Phi) is 7.34. The topological polar surface area (TPSA) is 59.1 Å². The van der Waals surface area contributed by atoms with Gasteiger partial charge in [-0.25, -0.2) is 4.39 Å². The van der Waals surface area contributed by atoms with Crippen LogP contribution < -0.4 is 9.47 Å². The Bertz CT molecular complexity index is 1200. The van der Waals surface area contributed by atoms with Crippen molar-refractivity contribution in [3.05, 3.63) is 95.3 Å². The second-order valence-corrected chi connectivity index (χ2v) is 8.69. The van der Waals surface area contributed by atoms with Crippen LogP contribution in [0, 0.1) is 11.7 Å². The molecule has 6 nitrogen and oxygen atoms in total. The summed E-state index contributed by atoms with van der Waals surface area (Å²) in [5, 5.41) is 0. The molecular formula is C28H29FN2O4. The lowest BCUT2D eigenvalue weighted by atomic mass is 9.87. The summed E-state index contributed by atoms with van der Waals surface area (Å²) < 4.78 is 25.4. The van der Waals surface area contributed by atoms with Crippen LogP contribution in [0.2, 0.25) is 0 Å². The van der Waals surface area contributed by atoms with Crippen LogP contribution in [-0.2, 0) is 11.3 Å². The molecule has 182 valence electrons. The fourth-order valence-corrected chi connectivity index (χ4v) is 4.69. The Labute approximate surface area is 204 Å². The number of amides is 2. The van der Waals surface area contributed by atoms with Gasteiger partial charge in [0.05, 0.1) is 25.7 Å². The van der Waals surface area contributed by atoms with Gasteiger partial charge >= 0.3 is 0 Å². The zero-order chi connectivity index (χ0) is 24.9. The molecule has 3 aromatic carbocycles. The van der Waals surface area contributed by atoms with E-state index in [1.54, 1.807) is 55.3 Å². The summed E-state index contributed by atoms with van der Waals surface area (Å²) in [7, 11) is 4.90. The minimum absolute atomic E-state index is 0.00500. The van der Waals surface area contributed by atoms with Gasteiger partial charge in [0.1, 0.15) is 17.3 Å². The van der Waals surface area contributed by atoms with Crippen LogP contribution >= 0.6 is 0 Å². The van der Waals surface area contributed by atoms with Crippen molar-refractivity contribution < 1.29 is 23.5 Å². The third-order valence-corrected chi connectivity index (χ3v) is 6.50. The molecular weight excluding hydrogens is 447 g/mol. The van der Waals surface area contributed by atoms with Gasteiger partial charge in [-0.05, 0) is 35.9 Å². The standard InChI is InChI=1S/C28H29FN2O4/c1-30(16-19-9-5-4-6-10-19)27(32)24-18-31(28(33)21-11-7-8-12-25(21)29)17-23(24)22-15-20(34-2)13-14-26(22)35-3/h4-15,23-24H,16-18H2,1-3H3. The van der Waals surface area contributed by atoms with E-state index in [4.69, 9.17) is 9.47 Å². The van der Waals surface area contributed by atoms with Gasteiger partial charge in [0.2, 0.25) is 5.91 Å². The molecule has 1 fully saturated rings. The molecule has 1 heterocycles. The van der Waals surface area contributed by atoms with E-state index in [-0.39, 0.29) is 30.5 Å². The van der Waals surface area contributed by atoms with Crippen LogP contribution in [0.25, 0.3) is 0 Å². The third-order valence-electron chi connectivity index (χ3n) is 6.50. The minimum Gasteiger partial charge on any atom is -0.497 e. The summed E-state index contributed by atoms with van der Waals surface area (Å²) in [6.07, 6.45) is 0. The number of hydrogen-bond donors (Lipinski definition) is 0. The maximum atomic E-state index is 14.4. The summed E-state index contributed by atoms with van der Waals surface area (Å²) in [5.74, 6) is -0.738. The molecule has 4 rings (SSSR count). The van der Waals surface area contributed by atoms with Crippen molar-refractivity contribution in [3.63, 3.8) is 0 Å². The Morgan fingerprint density at radius 1 is 0.971 bits per heavy atom. The maximum Gasteiger partial charge on any atom is 0.256 e. The summed E-state index contributed by atoms with van der Waals surface area (Å²) >= 11 is 0. The zero-order valence-electron chi connectivity index (χ0n) is 20.1. The first-order valence-corrected chi connectivity index (χ1v) is 11.5. The number of nitrogens with zero attached hydrogens (tertiary/aromatic N) is 2. The molecule has 0 aromatic heterocycles. The van der Waals surface area contributed by atoms with Crippen LogP contribution in [0.5, 0.6) is 11.5 Å². The molecule has 1 aliphatic heterocycles. The number of likely N-dealkylation sites (tertiary alicyclic amines) is 1. The van der Waals surface area contributed by atoms with Crippen molar-refractivity contribution in [3.8, 4) is 11.5 Å². The maximum absolute atomic E-state index is 14.4. The van der Waals surface area contributed by atoms with Gasteiger partial charge < -0.3 is 19.3 Å². The second-order valence-electron chi connectivity index (χ2n) is 8.69. The van der Waals surface area contributed by atoms with Crippen LogP contribution in [0.1, 0.15) is 27.4 Å². The molecule has 2 atom stereocenters. The monoisotopic (exact) mass is 476 g/mol. The first kappa shape index (κ1) is 24.3. The Morgan fingerprint density at radius 2 is 1.69 bits per heavy atom. The highest BCUT2D eigenvalue weighted by Crippen LogP contribution is 2.40. The number of hydrogen-bond acceptors (Lipinski definition) is 4. The average molecular weight is 477 g/mol. The van der Waals surface area contributed by atoms with Gasteiger partial charge in [-0.2, -0.15) is 0 Å². The fourth-order valence-electron chi connectivity index (χ4n) is 4.69. The van der Waals surface area contributed by atoms with Crippen LogP contribution in [0.4, 0.5) is 4.39 Å². The quantitative estimate of drug-likeness (QED) is 0.509. The second kappa shape index (κ2) is 10.6. The SMILES string of the molecule is COc1ccc(OC)c(C2CN(C(=O)c3ccccc3F)CC2C(=O)N(C)Cc2ccccc2)c1. The highest BCUT2D eigenvalue weighted by atomic mass is 19.1. The fraction of sp³-hybridized carbons (Fsp3) is 0.286. The molecule has 35 heavy (non-hydrogen) atoms. The highest BCUT2D eigenvalue weighted by Gasteiger charge is 2.43. The minimum atomic E-state index is -0.580. The molecule has 2 amide bonds. The number of benzene rings is 3. The van der Waals surface area contributed by atoms with E-state index in [0.717, 1.165) is 11.1 Å². The molecule has 0 saturated carbocycles. The van der Waals surface area contributed by atoms with Crippen LogP contribution in [0.15, 0.2) is 72.8 Å². The van der Waals surface area contributed by atoms with Crippen molar-refractivity contribution in [1.82, 2.24) is 9.80 Å². The molecule has 0 bridgehead atoms. The summed E-state index contributed by atoms with van der Waals surface area (Å²) in [6, 6.07) is 21.1. The van der Waals surface area contributed by atoms with E-state index in [9.17, 15) is 14.0 Å². The van der Waals surface area contributed by atoms with Gasteiger partial charge in [-0.3, -0.25) is 9.59 Å². The first-order valence-electron chi connectivity index (χ1n) is 11.5. The van der Waals surface area contributed by atoms with Gasteiger partial charge in [0, 0.05) is 38.2 Å². The van der Waals surface area contributed by atoms with E-state index < -0.39 is 17.6 Å². The van der Waals surface area contributed by atoms with E-state index in [0.29, 0.717) is 18.0 Å². The van der Waals surface area contributed by atoms with Crippen molar-refractivity contribution in [1.29, 1.82) is 0 Å². The van der Waals surface area contributed by atoms with Crippen LogP contribution in [0.3, 0.4) is 0 Å². The molecule has 1 saturated heterocycles. The third kappa shape index (κ3) is 5.14. The highest BCUT2D eigenvalue weighted by molar-refractivity contribution is 5.95. The lowest BCUT2D eigenvalue weighted by Gasteiger charge is -2.25. The van der Waals surface area contributed by atoms with Gasteiger partial charge in [0.15, 0.2) is 0 Å². The normalized spacial score (nSPS) is 17.2. The Balaban J connectivity index is 1.68. The molecule has 2 unspecified atom stereocenters. The molecule has 7 heteroatoms. The molecule has 0 N–H and O–H groups in total. The predicted octanol–water partition coefficient (Wildman–Crippen LogP) is 4.36. The largest absolute Gasteiger partial charge is 0.497 e. The zero-order valence-corrected chi connectivity index (χ0v) is 20.1. The van der Waals surface area contributed by atoms with Gasteiger partial charge in [-0.15, -0.1) is 0 Å². The van der Waals surface area contributed by atoms with Crippen molar-refractivity contribution in [2.24, 2.45) is 5.92 Å². The lowest BCUT2D eigenvalue weighted by Crippen LogP contribution is -2.36. The molecule has 1 aliphatic rings. The van der Waals surface area contributed by atoms with E-state index in [2.05, 4.69) is 0 Å². The molecule has 3 aromatic rings. The first-order chi connectivity index (χ1) is 16.9. The van der Waals surface area contributed by atoms with E-state index >= 15 is 0 Å². The molecule has 0 spiro atoms. The molecule has 0 radical (unpaired) electrons. The van der Waals surface area contributed by atoms with Gasteiger partial charge in [-0.1, -0.05) is 42.5 Å². The number of carbonyl (C=O) groups is 2.